The molecule has 2 aromatic heterocycles. The number of thiazole rings is 1. The highest BCUT2D eigenvalue weighted by molar-refractivity contribution is 7.13. The molecule has 144 valence electrons. The molecule has 0 aliphatic rings. The lowest BCUT2D eigenvalue weighted by Crippen LogP contribution is -2.01. The largest absolute Gasteiger partial charge is 0.478 e. The Hall–Kier alpha value is -2.73. The molecule has 2 aromatic carbocycles. The van der Waals surface area contributed by atoms with Gasteiger partial charge in [0.1, 0.15) is 5.01 Å². The van der Waals surface area contributed by atoms with Crippen LogP contribution in [0.2, 0.25) is 10.0 Å². The van der Waals surface area contributed by atoms with Crippen LogP contribution < -0.4 is 0 Å². The Kier molecular flexibility index (Phi) is 5.37. The van der Waals surface area contributed by atoms with Gasteiger partial charge in [-0.2, -0.15) is 0 Å². The van der Waals surface area contributed by atoms with Crippen molar-refractivity contribution < 1.29 is 9.90 Å². The Labute approximate surface area is 181 Å². The van der Waals surface area contributed by atoms with Gasteiger partial charge >= 0.3 is 5.97 Å². The second kappa shape index (κ2) is 7.95. The molecule has 4 rings (SSSR count). The number of rotatable bonds is 4. The number of aryl methyl sites for hydroxylation is 1. The fourth-order valence-corrected chi connectivity index (χ4v) is 4.18. The van der Waals surface area contributed by atoms with Gasteiger partial charge in [0.15, 0.2) is 0 Å². The Morgan fingerprint density at radius 2 is 1.79 bits per heavy atom. The standard InChI is InChI=1S/C22H14Cl2N2O2S/c1-12-10-25-7-6-15(12)16-4-2-14(8-17(16)22(27)28)21-26-20(11-29-21)13-3-5-18(23)19(24)9-13/h2-11H,1H3,(H,27,28). The van der Waals surface area contributed by atoms with Crippen molar-refractivity contribution >= 4 is 40.5 Å². The van der Waals surface area contributed by atoms with E-state index in [0.29, 0.717) is 15.6 Å². The normalized spacial score (nSPS) is 10.9. The summed E-state index contributed by atoms with van der Waals surface area (Å²) in [7, 11) is 0. The highest BCUT2D eigenvalue weighted by Crippen LogP contribution is 2.35. The summed E-state index contributed by atoms with van der Waals surface area (Å²) in [6.07, 6.45) is 3.38. The third-order valence-corrected chi connectivity index (χ3v) is 6.16. The highest BCUT2D eigenvalue weighted by atomic mass is 35.5. The first-order chi connectivity index (χ1) is 13.9. The van der Waals surface area contributed by atoms with Crippen molar-refractivity contribution in [3.63, 3.8) is 0 Å². The zero-order valence-electron chi connectivity index (χ0n) is 15.2. The van der Waals surface area contributed by atoms with Crippen molar-refractivity contribution in [2.45, 2.75) is 6.92 Å². The summed E-state index contributed by atoms with van der Waals surface area (Å²) in [5.41, 5.74) is 5.00. The summed E-state index contributed by atoms with van der Waals surface area (Å²) in [6.45, 7) is 1.91. The van der Waals surface area contributed by atoms with Crippen LogP contribution in [0.5, 0.6) is 0 Å². The zero-order valence-corrected chi connectivity index (χ0v) is 17.5. The summed E-state index contributed by atoms with van der Waals surface area (Å²) in [6, 6.07) is 12.5. The number of carbonyl (C=O) groups is 1. The van der Waals surface area contributed by atoms with Crippen LogP contribution in [0.25, 0.3) is 33.0 Å². The number of carboxylic acid groups (broad SMARTS) is 1. The van der Waals surface area contributed by atoms with E-state index in [4.69, 9.17) is 23.2 Å². The molecule has 0 unspecified atom stereocenters. The molecule has 0 radical (unpaired) electrons. The Bertz CT molecular complexity index is 1240. The third-order valence-electron chi connectivity index (χ3n) is 4.53. The Morgan fingerprint density at radius 3 is 2.52 bits per heavy atom. The first kappa shape index (κ1) is 19.6. The van der Waals surface area contributed by atoms with Crippen molar-refractivity contribution in [3.05, 3.63) is 81.4 Å². The molecule has 29 heavy (non-hydrogen) atoms. The van der Waals surface area contributed by atoms with Crippen LogP contribution in [-0.2, 0) is 0 Å². The van der Waals surface area contributed by atoms with E-state index in [1.807, 2.05) is 36.6 Å². The fourth-order valence-electron chi connectivity index (χ4n) is 3.06. The molecule has 2 heterocycles. The molecule has 0 atom stereocenters. The number of halogens is 2. The summed E-state index contributed by atoms with van der Waals surface area (Å²) < 4.78 is 0. The maximum Gasteiger partial charge on any atom is 0.336 e. The minimum absolute atomic E-state index is 0.225. The molecule has 0 fully saturated rings. The van der Waals surface area contributed by atoms with Gasteiger partial charge in [-0.05, 0) is 47.9 Å². The maximum atomic E-state index is 11.9. The van der Waals surface area contributed by atoms with Gasteiger partial charge in [0.25, 0.3) is 0 Å². The SMILES string of the molecule is Cc1cnccc1-c1ccc(-c2nc(-c3ccc(Cl)c(Cl)c3)cs2)cc1C(=O)O. The monoisotopic (exact) mass is 440 g/mol. The Morgan fingerprint density at radius 1 is 1.00 bits per heavy atom. The van der Waals surface area contributed by atoms with Crippen LogP contribution in [0.1, 0.15) is 15.9 Å². The van der Waals surface area contributed by atoms with Gasteiger partial charge in [-0.3, -0.25) is 4.98 Å². The second-order valence-corrected chi connectivity index (χ2v) is 8.10. The average Bonchev–Trinajstić information content (AvgIpc) is 3.20. The van der Waals surface area contributed by atoms with E-state index in [1.54, 1.807) is 30.6 Å². The van der Waals surface area contributed by atoms with E-state index in [9.17, 15) is 9.90 Å². The lowest BCUT2D eigenvalue weighted by Gasteiger charge is -2.10. The minimum atomic E-state index is -0.987. The predicted octanol–water partition coefficient (Wildman–Crippen LogP) is 6.85. The Balaban J connectivity index is 1.76. The van der Waals surface area contributed by atoms with Gasteiger partial charge in [-0.1, -0.05) is 41.4 Å². The molecule has 4 nitrogen and oxygen atoms in total. The van der Waals surface area contributed by atoms with Crippen molar-refractivity contribution in [2.24, 2.45) is 0 Å². The topological polar surface area (TPSA) is 63.1 Å². The fraction of sp³-hybridized carbons (Fsp3) is 0.0455. The number of aromatic nitrogens is 2. The molecule has 0 aliphatic carbocycles. The van der Waals surface area contributed by atoms with Gasteiger partial charge in [0.2, 0.25) is 0 Å². The molecular weight excluding hydrogens is 427 g/mol. The van der Waals surface area contributed by atoms with Gasteiger partial charge < -0.3 is 5.11 Å². The van der Waals surface area contributed by atoms with Crippen LogP contribution in [0, 0.1) is 6.92 Å². The molecule has 0 amide bonds. The number of hydrogen-bond donors (Lipinski definition) is 1. The second-order valence-electron chi connectivity index (χ2n) is 6.42. The zero-order chi connectivity index (χ0) is 20.5. The average molecular weight is 441 g/mol. The number of pyridine rings is 1. The molecule has 0 spiro atoms. The summed E-state index contributed by atoms with van der Waals surface area (Å²) in [5.74, 6) is -0.987. The van der Waals surface area contributed by atoms with E-state index < -0.39 is 5.97 Å². The molecule has 7 heteroatoms. The summed E-state index contributed by atoms with van der Waals surface area (Å²) in [4.78, 5) is 20.7. The lowest BCUT2D eigenvalue weighted by molar-refractivity contribution is 0.0698. The van der Waals surface area contributed by atoms with Crippen molar-refractivity contribution in [1.29, 1.82) is 0 Å². The van der Waals surface area contributed by atoms with E-state index >= 15 is 0 Å². The van der Waals surface area contributed by atoms with Gasteiger partial charge in [-0.25, -0.2) is 9.78 Å². The third kappa shape index (κ3) is 3.90. The number of carboxylic acids is 1. The summed E-state index contributed by atoms with van der Waals surface area (Å²) in [5, 5.41) is 13.4. The number of aromatic carboxylic acids is 1. The molecule has 0 bridgehead atoms. The summed E-state index contributed by atoms with van der Waals surface area (Å²) >= 11 is 13.5. The quantitative estimate of drug-likeness (QED) is 0.376. The molecule has 1 N–H and O–H groups in total. The molecular formula is C22H14Cl2N2O2S. The van der Waals surface area contributed by atoms with E-state index in [1.165, 1.54) is 11.3 Å². The van der Waals surface area contributed by atoms with Crippen LogP contribution in [0.4, 0.5) is 0 Å². The van der Waals surface area contributed by atoms with Crippen LogP contribution in [-0.4, -0.2) is 21.0 Å². The lowest BCUT2D eigenvalue weighted by atomic mass is 9.95. The van der Waals surface area contributed by atoms with E-state index in [-0.39, 0.29) is 5.56 Å². The van der Waals surface area contributed by atoms with E-state index in [0.717, 1.165) is 33.0 Å². The first-order valence-corrected chi connectivity index (χ1v) is 10.3. The van der Waals surface area contributed by atoms with Crippen LogP contribution >= 0.6 is 34.5 Å². The van der Waals surface area contributed by atoms with Gasteiger partial charge in [0.05, 0.1) is 21.3 Å². The van der Waals surface area contributed by atoms with Crippen LogP contribution in [0.15, 0.2) is 60.2 Å². The minimum Gasteiger partial charge on any atom is -0.478 e. The maximum absolute atomic E-state index is 11.9. The van der Waals surface area contributed by atoms with Crippen molar-refractivity contribution in [1.82, 2.24) is 9.97 Å². The van der Waals surface area contributed by atoms with Gasteiger partial charge in [0, 0.05) is 28.9 Å². The number of benzene rings is 2. The molecule has 0 saturated carbocycles. The first-order valence-electron chi connectivity index (χ1n) is 8.63. The van der Waals surface area contributed by atoms with Gasteiger partial charge in [-0.15, -0.1) is 11.3 Å². The van der Waals surface area contributed by atoms with Crippen molar-refractivity contribution in [3.8, 4) is 33.0 Å². The number of hydrogen-bond acceptors (Lipinski definition) is 4. The molecule has 4 aromatic rings. The predicted molar refractivity (Wildman–Crippen MR) is 118 cm³/mol. The van der Waals surface area contributed by atoms with E-state index in [2.05, 4.69) is 9.97 Å². The molecule has 0 saturated heterocycles. The smallest absolute Gasteiger partial charge is 0.336 e. The highest BCUT2D eigenvalue weighted by Gasteiger charge is 2.16. The number of nitrogens with zero attached hydrogens (tertiary/aromatic N) is 2. The van der Waals surface area contributed by atoms with Crippen LogP contribution in [0.3, 0.4) is 0 Å². The van der Waals surface area contributed by atoms with Crippen molar-refractivity contribution in [2.75, 3.05) is 0 Å². The molecule has 0 aliphatic heterocycles.